The molecule has 3 rings (SSSR count). The Balaban J connectivity index is 2.06. The number of halogens is 2. The summed E-state index contributed by atoms with van der Waals surface area (Å²) in [6.07, 6.45) is 6.64. The van der Waals surface area contributed by atoms with Crippen LogP contribution in [0.1, 0.15) is 0 Å². The van der Waals surface area contributed by atoms with Crippen LogP contribution in [0.3, 0.4) is 0 Å². The summed E-state index contributed by atoms with van der Waals surface area (Å²) in [5, 5.41) is 15.1. The average Bonchev–Trinajstić information content (AvgIpc) is 2.92. The molecule has 1 aromatic rings. The van der Waals surface area contributed by atoms with Gasteiger partial charge in [0.05, 0.1) is 34.4 Å². The van der Waals surface area contributed by atoms with E-state index in [0.717, 1.165) is 9.88 Å². The summed E-state index contributed by atoms with van der Waals surface area (Å²) < 4.78 is 27.0. The van der Waals surface area contributed by atoms with Crippen LogP contribution in [-0.4, -0.2) is 30.6 Å². The van der Waals surface area contributed by atoms with Crippen molar-refractivity contribution in [3.05, 3.63) is 75.9 Å². The number of alkyl halides is 1. The lowest BCUT2D eigenvalue weighted by Gasteiger charge is -2.25. The van der Waals surface area contributed by atoms with Gasteiger partial charge in [0.2, 0.25) is 5.96 Å². The third kappa shape index (κ3) is 3.99. The molecule has 28 heavy (non-hydrogen) atoms. The Morgan fingerprint density at radius 2 is 2.21 bits per heavy atom. The van der Waals surface area contributed by atoms with E-state index < -0.39 is 15.4 Å². The minimum absolute atomic E-state index is 0.0860. The number of benzene rings is 1. The Morgan fingerprint density at radius 1 is 1.46 bits per heavy atom. The van der Waals surface area contributed by atoms with Gasteiger partial charge in [0, 0.05) is 10.0 Å². The van der Waals surface area contributed by atoms with E-state index in [2.05, 4.69) is 38.1 Å². The molecule has 0 spiro atoms. The van der Waals surface area contributed by atoms with Crippen LogP contribution in [0.4, 0.5) is 5.69 Å². The van der Waals surface area contributed by atoms with Gasteiger partial charge in [-0.3, -0.25) is 9.62 Å². The lowest BCUT2D eigenvalue weighted by atomic mass is 10.0. The molecule has 1 aromatic carbocycles. The first-order valence-corrected chi connectivity index (χ1v) is 10.8. The fourth-order valence-electron chi connectivity index (χ4n) is 2.74. The SMILES string of the molecule is C=CCN1C2=C(NC(=Nc3ccccc3Br)NC#N)C=CC(Cl)C2=CS1(=O)=O. The number of hydrogen-bond donors (Lipinski definition) is 2. The number of fused-ring (bicyclic) bond motifs is 1. The lowest BCUT2D eigenvalue weighted by Crippen LogP contribution is -2.37. The second kappa shape index (κ2) is 8.22. The molecule has 0 fully saturated rings. The third-order valence-electron chi connectivity index (χ3n) is 3.90. The van der Waals surface area contributed by atoms with Crippen LogP contribution < -0.4 is 10.6 Å². The van der Waals surface area contributed by atoms with Gasteiger partial charge in [-0.1, -0.05) is 24.3 Å². The van der Waals surface area contributed by atoms with Crippen LogP contribution in [0.2, 0.25) is 0 Å². The zero-order valence-corrected chi connectivity index (χ0v) is 17.6. The molecule has 0 radical (unpaired) electrons. The Kier molecular flexibility index (Phi) is 5.93. The predicted molar refractivity (Wildman–Crippen MR) is 113 cm³/mol. The molecule has 144 valence electrons. The van der Waals surface area contributed by atoms with Gasteiger partial charge in [-0.25, -0.2) is 13.4 Å². The van der Waals surface area contributed by atoms with Gasteiger partial charge < -0.3 is 5.32 Å². The maximum absolute atomic E-state index is 12.5. The van der Waals surface area contributed by atoms with E-state index in [1.165, 1.54) is 10.4 Å². The molecular formula is C18H15BrClN5O2S. The van der Waals surface area contributed by atoms with Crippen molar-refractivity contribution in [2.45, 2.75) is 5.38 Å². The molecule has 2 aliphatic rings. The van der Waals surface area contributed by atoms with Crippen molar-refractivity contribution >= 4 is 49.2 Å². The minimum atomic E-state index is -3.67. The quantitative estimate of drug-likeness (QED) is 0.172. The van der Waals surface area contributed by atoms with Crippen LogP contribution in [0.25, 0.3) is 0 Å². The Hall–Kier alpha value is -2.54. The topological polar surface area (TPSA) is 97.6 Å². The highest BCUT2D eigenvalue weighted by Crippen LogP contribution is 2.38. The van der Waals surface area contributed by atoms with Gasteiger partial charge in [-0.05, 0) is 34.1 Å². The number of nitriles is 1. The second-order valence-corrected chi connectivity index (χ2v) is 8.77. The van der Waals surface area contributed by atoms with Crippen LogP contribution in [0.5, 0.6) is 0 Å². The van der Waals surface area contributed by atoms with Crippen molar-refractivity contribution in [1.29, 1.82) is 5.26 Å². The largest absolute Gasteiger partial charge is 0.323 e. The fourth-order valence-corrected chi connectivity index (χ4v) is 4.91. The first kappa shape index (κ1) is 20.2. The number of nitrogens with zero attached hydrogens (tertiary/aromatic N) is 3. The summed E-state index contributed by atoms with van der Waals surface area (Å²) in [5.74, 6) is 0.136. The molecule has 1 heterocycles. The fraction of sp³-hybridized carbons (Fsp3) is 0.111. The average molecular weight is 481 g/mol. The van der Waals surface area contributed by atoms with Crippen LogP contribution in [0.15, 0.2) is 80.9 Å². The predicted octanol–water partition coefficient (Wildman–Crippen LogP) is 3.20. The Morgan fingerprint density at radius 3 is 2.89 bits per heavy atom. The summed E-state index contributed by atoms with van der Waals surface area (Å²) in [7, 11) is -3.67. The number of guanidine groups is 1. The van der Waals surface area contributed by atoms with Crippen molar-refractivity contribution in [1.82, 2.24) is 14.9 Å². The standard InChI is InChI=1S/C18H15BrClN5O2S/c1-2-9-25-17-12(10-28(25,26)27)14(20)7-8-16(17)24-18(22-11-21)23-15-6-4-3-5-13(15)19/h2-8,10,14H,1,9H2,(H2,22,23,24). The summed E-state index contributed by atoms with van der Waals surface area (Å²) in [6, 6.07) is 7.24. The number of rotatable bonds is 4. The van der Waals surface area contributed by atoms with Gasteiger partial charge in [0.15, 0.2) is 6.19 Å². The van der Waals surface area contributed by atoms with E-state index in [9.17, 15) is 8.42 Å². The molecule has 1 unspecified atom stereocenters. The molecule has 0 aromatic heterocycles. The number of sulfonamides is 1. The molecule has 0 bridgehead atoms. The third-order valence-corrected chi connectivity index (χ3v) is 6.45. The summed E-state index contributed by atoms with van der Waals surface area (Å²) in [6.45, 7) is 3.71. The molecule has 0 saturated heterocycles. The highest BCUT2D eigenvalue weighted by atomic mass is 79.9. The van der Waals surface area contributed by atoms with Crippen molar-refractivity contribution < 1.29 is 8.42 Å². The van der Waals surface area contributed by atoms with Crippen LogP contribution in [-0.2, 0) is 10.0 Å². The van der Waals surface area contributed by atoms with Crippen molar-refractivity contribution in [3.63, 3.8) is 0 Å². The smallest absolute Gasteiger partial charge is 0.258 e. The van der Waals surface area contributed by atoms with Crippen LogP contribution in [0, 0.1) is 11.5 Å². The number of para-hydroxylation sites is 1. The molecule has 1 aliphatic heterocycles. The molecule has 0 saturated carbocycles. The van der Waals surface area contributed by atoms with E-state index >= 15 is 0 Å². The number of allylic oxidation sites excluding steroid dienone is 3. The molecule has 0 amide bonds. The molecule has 10 heteroatoms. The molecule has 2 N–H and O–H groups in total. The van der Waals surface area contributed by atoms with Gasteiger partial charge in [-0.15, -0.1) is 18.2 Å². The number of aliphatic imine (C=N–C) groups is 1. The summed E-state index contributed by atoms with van der Waals surface area (Å²) in [4.78, 5) is 4.40. The minimum Gasteiger partial charge on any atom is -0.323 e. The lowest BCUT2D eigenvalue weighted by molar-refractivity contribution is 0.520. The molecule has 7 nitrogen and oxygen atoms in total. The van der Waals surface area contributed by atoms with Crippen molar-refractivity contribution in [2.24, 2.45) is 4.99 Å². The van der Waals surface area contributed by atoms with E-state index in [4.69, 9.17) is 16.9 Å². The van der Waals surface area contributed by atoms with E-state index in [1.54, 1.807) is 18.2 Å². The van der Waals surface area contributed by atoms with Crippen molar-refractivity contribution in [3.8, 4) is 6.19 Å². The second-order valence-electron chi connectivity index (χ2n) is 5.73. The first-order valence-electron chi connectivity index (χ1n) is 8.05. The molecular weight excluding hydrogens is 466 g/mol. The zero-order chi connectivity index (χ0) is 20.3. The van der Waals surface area contributed by atoms with E-state index in [0.29, 0.717) is 22.7 Å². The highest BCUT2D eigenvalue weighted by Gasteiger charge is 2.38. The van der Waals surface area contributed by atoms with Crippen LogP contribution >= 0.6 is 27.5 Å². The van der Waals surface area contributed by atoms with Gasteiger partial charge in [0.1, 0.15) is 0 Å². The highest BCUT2D eigenvalue weighted by molar-refractivity contribution is 9.10. The van der Waals surface area contributed by atoms with Gasteiger partial charge in [0.25, 0.3) is 10.0 Å². The normalized spacial score (nSPS) is 20.3. The maximum atomic E-state index is 12.5. The van der Waals surface area contributed by atoms with E-state index in [1.807, 2.05) is 24.4 Å². The summed E-state index contributed by atoms with van der Waals surface area (Å²) in [5.41, 5.74) is 1.89. The zero-order valence-electron chi connectivity index (χ0n) is 14.4. The maximum Gasteiger partial charge on any atom is 0.258 e. The number of nitrogens with one attached hydrogen (secondary N) is 2. The van der Waals surface area contributed by atoms with Gasteiger partial charge in [-0.2, -0.15) is 5.26 Å². The van der Waals surface area contributed by atoms with E-state index in [-0.39, 0.29) is 12.5 Å². The Bertz CT molecular complexity index is 1090. The summed E-state index contributed by atoms with van der Waals surface area (Å²) >= 11 is 9.69. The Labute approximate surface area is 176 Å². The first-order chi connectivity index (χ1) is 13.4. The number of hydrogen-bond acceptors (Lipinski definition) is 4. The monoisotopic (exact) mass is 479 g/mol. The van der Waals surface area contributed by atoms with Crippen molar-refractivity contribution in [2.75, 3.05) is 6.54 Å². The van der Waals surface area contributed by atoms with Gasteiger partial charge >= 0.3 is 0 Å². The molecule has 1 aliphatic carbocycles. The molecule has 1 atom stereocenters.